The quantitative estimate of drug-likeness (QED) is 0.684. The molecular weight excluding hydrogens is 391 g/mol. The summed E-state index contributed by atoms with van der Waals surface area (Å²) < 4.78 is 24.2. The maximum absolute atomic E-state index is 14.2. The van der Waals surface area contributed by atoms with Crippen molar-refractivity contribution in [2.75, 3.05) is 11.9 Å². The minimum Gasteiger partial charge on any atom is -0.463 e. The topological polar surface area (TPSA) is 93.7 Å². The average molecular weight is 413 g/mol. The number of halogens is 2. The smallest absolute Gasteiger partial charge is 0.339 e. The van der Waals surface area contributed by atoms with Gasteiger partial charge in [0, 0.05) is 5.70 Å². The predicted molar refractivity (Wildman–Crippen MR) is 102 cm³/mol. The fourth-order valence-corrected chi connectivity index (χ4v) is 2.92. The van der Waals surface area contributed by atoms with Crippen molar-refractivity contribution in [2.45, 2.75) is 46.1 Å². The molecule has 0 saturated heterocycles. The Morgan fingerprint density at radius 2 is 1.89 bits per heavy atom. The highest BCUT2D eigenvalue weighted by atomic mass is 35.5. The van der Waals surface area contributed by atoms with Crippen LogP contribution < -0.4 is 10.6 Å². The minimum atomic E-state index is -0.813. The van der Waals surface area contributed by atoms with E-state index in [4.69, 9.17) is 21.1 Å². The molecular formula is C19H22ClFN2O5. The highest BCUT2D eigenvalue weighted by Crippen LogP contribution is 2.27. The highest BCUT2D eigenvalue weighted by Gasteiger charge is 2.24. The standard InChI is InChI=1S/C19H22ClFN2O5/c1-4-27-17(24)11-6-5-7-15(11)22-19(26)23-16-8-12(13(20)9-14(16)21)18(25)28-10(2)3/h8-10H,4-7H2,1-3H3,(H2,22,23,26). The summed E-state index contributed by atoms with van der Waals surface area (Å²) >= 11 is 5.91. The number of esters is 2. The molecule has 2 amide bonds. The zero-order valence-corrected chi connectivity index (χ0v) is 16.6. The molecule has 1 aromatic rings. The van der Waals surface area contributed by atoms with E-state index >= 15 is 0 Å². The zero-order valence-electron chi connectivity index (χ0n) is 15.9. The van der Waals surface area contributed by atoms with E-state index in [2.05, 4.69) is 10.6 Å². The predicted octanol–water partition coefficient (Wildman–Crippen LogP) is 4.17. The van der Waals surface area contributed by atoms with Crippen molar-refractivity contribution in [3.05, 3.63) is 39.8 Å². The summed E-state index contributed by atoms with van der Waals surface area (Å²) in [5.41, 5.74) is 0.521. The number of rotatable bonds is 6. The Bertz CT molecular complexity index is 823. The van der Waals surface area contributed by atoms with Crippen LogP contribution in [0.2, 0.25) is 5.02 Å². The second-order valence-electron chi connectivity index (χ2n) is 6.38. The molecule has 0 atom stereocenters. The second-order valence-corrected chi connectivity index (χ2v) is 6.78. The summed E-state index contributed by atoms with van der Waals surface area (Å²) in [7, 11) is 0. The van der Waals surface area contributed by atoms with Crippen molar-refractivity contribution in [1.29, 1.82) is 0 Å². The number of carbonyl (C=O) groups is 3. The van der Waals surface area contributed by atoms with Crippen molar-refractivity contribution in [1.82, 2.24) is 5.32 Å². The minimum absolute atomic E-state index is 0.0700. The molecule has 0 aromatic heterocycles. The molecule has 1 aromatic carbocycles. The zero-order chi connectivity index (χ0) is 20.8. The lowest BCUT2D eigenvalue weighted by Crippen LogP contribution is -2.29. The van der Waals surface area contributed by atoms with Crippen molar-refractivity contribution in [3.63, 3.8) is 0 Å². The van der Waals surface area contributed by atoms with Crippen molar-refractivity contribution in [3.8, 4) is 0 Å². The first-order valence-electron chi connectivity index (χ1n) is 8.90. The van der Waals surface area contributed by atoms with Gasteiger partial charge in [0.25, 0.3) is 0 Å². The third-order valence-electron chi connectivity index (χ3n) is 3.87. The van der Waals surface area contributed by atoms with Crippen LogP contribution in [0.5, 0.6) is 0 Å². The van der Waals surface area contributed by atoms with Crippen LogP contribution in [0.25, 0.3) is 0 Å². The number of allylic oxidation sites excluding steroid dienone is 1. The summed E-state index contributed by atoms with van der Waals surface area (Å²) in [6.07, 6.45) is 1.31. The lowest BCUT2D eigenvalue weighted by Gasteiger charge is -2.13. The SMILES string of the molecule is CCOC(=O)C1=C(NC(=O)Nc2cc(C(=O)OC(C)C)c(Cl)cc2F)CCC1. The number of carbonyl (C=O) groups excluding carboxylic acids is 3. The van der Waals surface area contributed by atoms with E-state index in [9.17, 15) is 18.8 Å². The first-order valence-corrected chi connectivity index (χ1v) is 9.27. The summed E-state index contributed by atoms with van der Waals surface area (Å²) in [6.45, 7) is 5.25. The van der Waals surface area contributed by atoms with Crippen LogP contribution in [-0.2, 0) is 14.3 Å². The summed E-state index contributed by atoms with van der Waals surface area (Å²) in [6, 6.07) is 1.28. The number of ether oxygens (including phenoxy) is 2. The van der Waals surface area contributed by atoms with E-state index in [1.54, 1.807) is 20.8 Å². The van der Waals surface area contributed by atoms with Crippen LogP contribution in [0.15, 0.2) is 23.4 Å². The third-order valence-corrected chi connectivity index (χ3v) is 4.18. The van der Waals surface area contributed by atoms with Gasteiger partial charge >= 0.3 is 18.0 Å². The Labute approximate surface area is 167 Å². The van der Waals surface area contributed by atoms with E-state index in [1.165, 1.54) is 0 Å². The number of anilines is 1. The van der Waals surface area contributed by atoms with E-state index < -0.39 is 23.8 Å². The van der Waals surface area contributed by atoms with Gasteiger partial charge in [0.05, 0.1) is 34.6 Å². The van der Waals surface area contributed by atoms with Crippen molar-refractivity contribution < 1.29 is 28.2 Å². The Kier molecular flexibility index (Phi) is 7.39. The van der Waals surface area contributed by atoms with Gasteiger partial charge in [-0.2, -0.15) is 0 Å². The summed E-state index contributed by atoms with van der Waals surface area (Å²) in [5.74, 6) is -2.02. The lowest BCUT2D eigenvalue weighted by molar-refractivity contribution is -0.138. The van der Waals surface area contributed by atoms with Crippen molar-refractivity contribution >= 4 is 35.3 Å². The summed E-state index contributed by atoms with van der Waals surface area (Å²) in [4.78, 5) is 36.3. The van der Waals surface area contributed by atoms with E-state index in [1.807, 2.05) is 0 Å². The molecule has 1 aliphatic carbocycles. The van der Waals surface area contributed by atoms with Gasteiger partial charge in [0.15, 0.2) is 0 Å². The van der Waals surface area contributed by atoms with Crippen LogP contribution >= 0.6 is 11.6 Å². The molecule has 2 N–H and O–H groups in total. The molecule has 1 aliphatic rings. The Morgan fingerprint density at radius 1 is 1.18 bits per heavy atom. The number of hydrogen-bond donors (Lipinski definition) is 2. The fourth-order valence-electron chi connectivity index (χ4n) is 2.69. The van der Waals surface area contributed by atoms with Gasteiger partial charge in [-0.3, -0.25) is 0 Å². The van der Waals surface area contributed by atoms with E-state index in [0.29, 0.717) is 30.5 Å². The van der Waals surface area contributed by atoms with E-state index in [0.717, 1.165) is 12.1 Å². The molecule has 2 rings (SSSR count). The molecule has 28 heavy (non-hydrogen) atoms. The van der Waals surface area contributed by atoms with Gasteiger partial charge in [0.1, 0.15) is 5.82 Å². The number of amides is 2. The maximum Gasteiger partial charge on any atom is 0.339 e. The molecule has 7 nitrogen and oxygen atoms in total. The molecule has 0 fully saturated rings. The molecule has 9 heteroatoms. The van der Waals surface area contributed by atoms with Gasteiger partial charge in [-0.25, -0.2) is 18.8 Å². The van der Waals surface area contributed by atoms with Gasteiger partial charge in [-0.05, 0) is 52.2 Å². The molecule has 152 valence electrons. The molecule has 0 radical (unpaired) electrons. The maximum atomic E-state index is 14.2. The second kappa shape index (κ2) is 9.54. The normalized spacial score (nSPS) is 13.5. The van der Waals surface area contributed by atoms with Crippen LogP contribution in [-0.4, -0.2) is 30.7 Å². The molecule has 0 heterocycles. The van der Waals surface area contributed by atoms with Gasteiger partial charge in [-0.15, -0.1) is 0 Å². The summed E-state index contributed by atoms with van der Waals surface area (Å²) in [5, 5.41) is 4.75. The number of benzene rings is 1. The van der Waals surface area contributed by atoms with E-state index in [-0.39, 0.29) is 29.0 Å². The van der Waals surface area contributed by atoms with Gasteiger partial charge in [0.2, 0.25) is 0 Å². The number of nitrogens with one attached hydrogen (secondary N) is 2. The molecule has 0 unspecified atom stereocenters. The van der Waals surface area contributed by atoms with Crippen LogP contribution in [0.1, 0.15) is 50.4 Å². The Morgan fingerprint density at radius 3 is 2.54 bits per heavy atom. The first-order chi connectivity index (χ1) is 13.2. The molecule has 0 aliphatic heterocycles. The average Bonchev–Trinajstić information content (AvgIpc) is 3.04. The molecule has 0 saturated carbocycles. The fraction of sp³-hybridized carbons (Fsp3) is 0.421. The number of hydrogen-bond acceptors (Lipinski definition) is 5. The van der Waals surface area contributed by atoms with Crippen molar-refractivity contribution in [2.24, 2.45) is 0 Å². The number of urea groups is 1. The molecule has 0 spiro atoms. The van der Waals surface area contributed by atoms with Crippen LogP contribution in [0.4, 0.5) is 14.9 Å². The molecule has 0 bridgehead atoms. The van der Waals surface area contributed by atoms with Gasteiger partial charge in [-0.1, -0.05) is 11.6 Å². The first kappa shape index (κ1) is 21.7. The van der Waals surface area contributed by atoms with Gasteiger partial charge < -0.3 is 20.1 Å². The van der Waals surface area contributed by atoms with Crippen LogP contribution in [0.3, 0.4) is 0 Å². The highest BCUT2D eigenvalue weighted by molar-refractivity contribution is 6.33. The monoisotopic (exact) mass is 412 g/mol. The third kappa shape index (κ3) is 5.45. The Hall–Kier alpha value is -2.61. The van der Waals surface area contributed by atoms with Crippen LogP contribution in [0, 0.1) is 5.82 Å². The largest absolute Gasteiger partial charge is 0.463 e. The Balaban J connectivity index is 2.16. The lowest BCUT2D eigenvalue weighted by atomic mass is 10.2.